The first-order valence-corrected chi connectivity index (χ1v) is 9.93. The first kappa shape index (κ1) is 19.9. The number of benzene rings is 1. The quantitative estimate of drug-likeness (QED) is 0.689. The Morgan fingerprint density at radius 3 is 2.38 bits per heavy atom. The van der Waals surface area contributed by atoms with E-state index in [1.807, 2.05) is 0 Å². The maximum Gasteiger partial charge on any atom is 0.310 e. The van der Waals surface area contributed by atoms with Gasteiger partial charge < -0.3 is 15.4 Å². The fraction of sp³-hybridized carbons (Fsp3) is 0.471. The van der Waals surface area contributed by atoms with Crippen LogP contribution in [0.1, 0.15) is 25.8 Å². The smallest absolute Gasteiger partial charge is 0.310 e. The number of esters is 1. The Morgan fingerprint density at radius 1 is 1.19 bits per heavy atom. The van der Waals surface area contributed by atoms with Crippen molar-refractivity contribution in [3.63, 3.8) is 0 Å². The normalized spacial score (nSPS) is 21.0. The van der Waals surface area contributed by atoms with Crippen LogP contribution in [0.4, 0.5) is 5.69 Å². The van der Waals surface area contributed by atoms with E-state index in [4.69, 9.17) is 4.74 Å². The Kier molecular flexibility index (Phi) is 6.01. The molecule has 0 bridgehead atoms. The van der Waals surface area contributed by atoms with Gasteiger partial charge in [-0.25, -0.2) is 8.42 Å². The number of sulfone groups is 1. The summed E-state index contributed by atoms with van der Waals surface area (Å²) in [6.07, 6.45) is 0.328. The van der Waals surface area contributed by atoms with E-state index in [1.54, 1.807) is 31.2 Å². The monoisotopic (exact) mass is 382 g/mol. The highest BCUT2D eigenvalue weighted by Gasteiger charge is 2.39. The van der Waals surface area contributed by atoms with Crippen LogP contribution in [0.5, 0.6) is 0 Å². The zero-order valence-electron chi connectivity index (χ0n) is 14.7. The molecule has 0 saturated carbocycles. The highest BCUT2D eigenvalue weighted by Crippen LogP contribution is 2.22. The molecule has 8 nitrogen and oxygen atoms in total. The topological polar surface area (TPSA) is 119 Å². The van der Waals surface area contributed by atoms with E-state index >= 15 is 0 Å². The highest BCUT2D eigenvalue weighted by molar-refractivity contribution is 7.91. The van der Waals surface area contributed by atoms with Gasteiger partial charge in [-0.1, -0.05) is 12.1 Å². The lowest BCUT2D eigenvalue weighted by Crippen LogP contribution is -2.48. The Hall–Kier alpha value is -2.42. The number of amides is 2. The van der Waals surface area contributed by atoms with E-state index in [2.05, 4.69) is 10.6 Å². The van der Waals surface area contributed by atoms with Crippen molar-refractivity contribution >= 4 is 33.3 Å². The van der Waals surface area contributed by atoms with Gasteiger partial charge in [0.2, 0.25) is 5.91 Å². The predicted molar refractivity (Wildman–Crippen MR) is 95.2 cm³/mol. The molecule has 0 aliphatic carbocycles. The summed E-state index contributed by atoms with van der Waals surface area (Å²) in [7, 11) is -3.13. The van der Waals surface area contributed by atoms with Gasteiger partial charge in [-0.15, -0.1) is 0 Å². The van der Waals surface area contributed by atoms with Crippen LogP contribution in [0.25, 0.3) is 0 Å². The molecule has 2 N–H and O–H groups in total. The lowest BCUT2D eigenvalue weighted by Gasteiger charge is -2.23. The minimum atomic E-state index is -3.13. The summed E-state index contributed by atoms with van der Waals surface area (Å²) in [5, 5.41) is 5.24. The second kappa shape index (κ2) is 7.86. The maximum absolute atomic E-state index is 11.9. The van der Waals surface area contributed by atoms with Crippen molar-refractivity contribution in [2.24, 2.45) is 0 Å². The number of hydrogen-bond acceptors (Lipinski definition) is 6. The highest BCUT2D eigenvalue weighted by atomic mass is 32.2. The predicted octanol–water partition coefficient (Wildman–Crippen LogP) is 0.424. The lowest BCUT2D eigenvalue weighted by molar-refractivity contribution is -0.148. The molecule has 2 rings (SSSR count). The Balaban J connectivity index is 1.78. The summed E-state index contributed by atoms with van der Waals surface area (Å²) in [6, 6.07) is 6.68. The fourth-order valence-electron chi connectivity index (χ4n) is 2.75. The molecule has 1 aliphatic rings. The van der Waals surface area contributed by atoms with Gasteiger partial charge in [0.05, 0.1) is 23.5 Å². The van der Waals surface area contributed by atoms with Gasteiger partial charge in [0.1, 0.15) is 0 Å². The third-order valence-corrected chi connectivity index (χ3v) is 5.83. The molecule has 1 fully saturated rings. The van der Waals surface area contributed by atoms with E-state index in [1.165, 1.54) is 6.92 Å². The van der Waals surface area contributed by atoms with Crippen molar-refractivity contribution in [2.45, 2.75) is 32.2 Å². The minimum Gasteiger partial charge on any atom is -0.455 e. The largest absolute Gasteiger partial charge is 0.455 e. The van der Waals surface area contributed by atoms with Crippen LogP contribution >= 0.6 is 0 Å². The molecular formula is C17H22N2O6S. The molecule has 1 heterocycles. The number of anilines is 1. The Bertz CT molecular complexity index is 803. The van der Waals surface area contributed by atoms with E-state index in [9.17, 15) is 22.8 Å². The molecule has 1 aliphatic heterocycles. The van der Waals surface area contributed by atoms with Gasteiger partial charge in [0, 0.05) is 12.6 Å². The van der Waals surface area contributed by atoms with Crippen molar-refractivity contribution in [2.75, 3.05) is 23.4 Å². The molecule has 0 unspecified atom stereocenters. The zero-order chi connectivity index (χ0) is 19.4. The maximum atomic E-state index is 11.9. The first-order valence-electron chi connectivity index (χ1n) is 8.10. The number of carbonyl (C=O) groups is 3. The van der Waals surface area contributed by atoms with Gasteiger partial charge in [0.25, 0.3) is 5.91 Å². The summed E-state index contributed by atoms with van der Waals surface area (Å²) in [5.41, 5.74) is 0.481. The van der Waals surface area contributed by atoms with Crippen LogP contribution in [0, 0.1) is 0 Å². The van der Waals surface area contributed by atoms with Crippen molar-refractivity contribution in [3.8, 4) is 0 Å². The van der Waals surface area contributed by atoms with Crippen LogP contribution < -0.4 is 10.6 Å². The number of ether oxygens (including phenoxy) is 1. The molecule has 0 radical (unpaired) electrons. The van der Waals surface area contributed by atoms with Gasteiger partial charge in [-0.2, -0.15) is 0 Å². The van der Waals surface area contributed by atoms with E-state index < -0.39 is 33.9 Å². The number of hydrogen-bond donors (Lipinski definition) is 2. The average Bonchev–Trinajstić information content (AvgIpc) is 2.80. The Labute approximate surface area is 152 Å². The van der Waals surface area contributed by atoms with Gasteiger partial charge in [-0.05, 0) is 31.0 Å². The van der Waals surface area contributed by atoms with Crippen molar-refractivity contribution < 1.29 is 27.5 Å². The van der Waals surface area contributed by atoms with Crippen molar-refractivity contribution in [1.82, 2.24) is 5.32 Å². The summed E-state index contributed by atoms with van der Waals surface area (Å²) in [4.78, 5) is 34.7. The van der Waals surface area contributed by atoms with Crippen LogP contribution in [-0.4, -0.2) is 49.9 Å². The van der Waals surface area contributed by atoms with E-state index in [-0.39, 0.29) is 23.8 Å². The first-order chi connectivity index (χ1) is 12.1. The minimum absolute atomic E-state index is 0.0146. The van der Waals surface area contributed by atoms with Gasteiger partial charge in [0.15, 0.2) is 16.4 Å². The zero-order valence-corrected chi connectivity index (χ0v) is 15.5. The molecule has 0 spiro atoms. The molecule has 2 amide bonds. The van der Waals surface area contributed by atoms with Gasteiger partial charge in [-0.3, -0.25) is 14.4 Å². The molecule has 142 valence electrons. The second-order valence-electron chi connectivity index (χ2n) is 6.67. The molecule has 1 aromatic rings. The Morgan fingerprint density at radius 2 is 1.85 bits per heavy atom. The van der Waals surface area contributed by atoms with Gasteiger partial charge >= 0.3 is 5.97 Å². The fourth-order valence-corrected chi connectivity index (χ4v) is 4.85. The molecule has 26 heavy (non-hydrogen) atoms. The van der Waals surface area contributed by atoms with E-state index in [0.717, 1.165) is 0 Å². The number of carbonyl (C=O) groups excluding carboxylic acids is 3. The molecular weight excluding hydrogens is 360 g/mol. The van der Waals surface area contributed by atoms with Crippen molar-refractivity contribution in [3.05, 3.63) is 29.8 Å². The van der Waals surface area contributed by atoms with Crippen LogP contribution in [0.2, 0.25) is 0 Å². The third kappa shape index (κ3) is 6.14. The summed E-state index contributed by atoms with van der Waals surface area (Å²) < 4.78 is 28.0. The van der Waals surface area contributed by atoms with Crippen molar-refractivity contribution in [1.29, 1.82) is 0 Å². The molecule has 0 aromatic heterocycles. The second-order valence-corrected chi connectivity index (χ2v) is 8.85. The van der Waals surface area contributed by atoms with Crippen LogP contribution in [-0.2, 0) is 35.4 Å². The van der Waals surface area contributed by atoms with Crippen LogP contribution in [0.3, 0.4) is 0 Å². The summed E-state index contributed by atoms with van der Waals surface area (Å²) >= 11 is 0. The number of nitrogens with one attached hydrogen (secondary N) is 2. The molecule has 1 atom stereocenters. The average molecular weight is 382 g/mol. The third-order valence-electron chi connectivity index (χ3n) is 3.93. The summed E-state index contributed by atoms with van der Waals surface area (Å²) in [6.45, 7) is 2.60. The SMILES string of the molecule is CC(=O)Nc1ccc(CC(=O)OCC(=O)N[C@]2(C)CCS(=O)(=O)C2)cc1. The lowest BCUT2D eigenvalue weighted by atomic mass is 10.0. The molecule has 1 aromatic carbocycles. The van der Waals surface area contributed by atoms with E-state index in [0.29, 0.717) is 17.7 Å². The van der Waals surface area contributed by atoms with Crippen LogP contribution in [0.15, 0.2) is 24.3 Å². The number of rotatable bonds is 6. The standard InChI is InChI=1S/C17H22N2O6S/c1-12(20)18-14-5-3-13(4-6-14)9-16(22)25-10-15(21)19-17(2)7-8-26(23,24)11-17/h3-6H,7-11H2,1-2H3,(H,18,20)(H,19,21)/t17-/m1/s1. The molecule has 9 heteroatoms. The summed E-state index contributed by atoms with van der Waals surface area (Å²) in [5.74, 6) is -1.36. The molecule has 1 saturated heterocycles.